The number of phosphoric acid groups is 3. The minimum atomic E-state index is -5.48. The van der Waals surface area contributed by atoms with Crippen LogP contribution in [0.1, 0.15) is 57.8 Å². The maximum absolute atomic E-state index is 11.8. The fraction of sp³-hybridized carbons (Fsp3) is 1.00. The van der Waals surface area contributed by atoms with Crippen molar-refractivity contribution in [2.75, 3.05) is 6.61 Å². The van der Waals surface area contributed by atoms with Gasteiger partial charge in [0.1, 0.15) is 0 Å². The minimum absolute atomic E-state index is 0.0735. The van der Waals surface area contributed by atoms with Crippen LogP contribution in [0.2, 0.25) is 0 Å². The van der Waals surface area contributed by atoms with Crippen LogP contribution in [0.5, 0.6) is 0 Å². The fourth-order valence-electron chi connectivity index (χ4n) is 4.69. The average Bonchev–Trinajstić information content (AvgIpc) is 2.98. The molecule has 3 fully saturated rings. The first-order chi connectivity index (χ1) is 13.4. The molecule has 4 N–H and O–H groups in total. The molecule has 3 aliphatic rings. The zero-order valence-electron chi connectivity index (χ0n) is 15.9. The second-order valence-corrected chi connectivity index (χ2v) is 12.6. The Balaban J connectivity index is 1.38. The first-order valence-electron chi connectivity index (χ1n) is 9.86. The molecule has 2 aliphatic carbocycles. The van der Waals surface area contributed by atoms with Crippen LogP contribution in [0.3, 0.4) is 0 Å². The lowest BCUT2D eigenvalue weighted by atomic mass is 9.63. The van der Waals surface area contributed by atoms with Gasteiger partial charge in [-0.25, -0.2) is 13.7 Å². The van der Waals surface area contributed by atoms with Crippen LogP contribution in [0.15, 0.2) is 0 Å². The van der Waals surface area contributed by atoms with Gasteiger partial charge in [-0.05, 0) is 43.4 Å². The largest absolute Gasteiger partial charge is 0.490 e. The van der Waals surface area contributed by atoms with E-state index in [9.17, 15) is 18.6 Å². The number of rotatable bonds is 9. The third kappa shape index (κ3) is 7.48. The number of hydrogen-bond donors (Lipinski definition) is 4. The molecule has 14 heteroatoms. The molecule has 11 nitrogen and oxygen atoms in total. The molecule has 4 atom stereocenters. The Morgan fingerprint density at radius 3 is 2.03 bits per heavy atom. The summed E-state index contributed by atoms with van der Waals surface area (Å²) in [6.07, 6.45) is 9.99. The lowest BCUT2D eigenvalue weighted by Gasteiger charge is -2.44. The number of phosphoric ester groups is 1. The summed E-state index contributed by atoms with van der Waals surface area (Å²) < 4.78 is 51.6. The summed E-state index contributed by atoms with van der Waals surface area (Å²) in [6, 6.07) is 0. The Labute approximate surface area is 169 Å². The summed E-state index contributed by atoms with van der Waals surface area (Å²) in [5.41, 5.74) is 0. The van der Waals surface area contributed by atoms with Crippen LogP contribution in [-0.4, -0.2) is 38.4 Å². The Hall–Kier alpha value is 0.370. The Bertz CT molecular complexity index is 698. The van der Waals surface area contributed by atoms with E-state index in [1.165, 1.54) is 32.1 Å². The molecule has 0 aromatic carbocycles. The third-order valence-corrected chi connectivity index (χ3v) is 9.84. The van der Waals surface area contributed by atoms with Crippen LogP contribution in [-0.2, 0) is 31.6 Å². The molecular weight excluding hydrogens is 449 g/mol. The molecule has 0 amide bonds. The van der Waals surface area contributed by atoms with E-state index >= 15 is 0 Å². The van der Waals surface area contributed by atoms with Crippen LogP contribution >= 0.6 is 23.5 Å². The van der Waals surface area contributed by atoms with E-state index in [1.54, 1.807) is 0 Å². The van der Waals surface area contributed by atoms with Crippen molar-refractivity contribution in [3.05, 3.63) is 0 Å². The molecule has 0 spiro atoms. The Kier molecular flexibility index (Phi) is 7.85. The van der Waals surface area contributed by atoms with E-state index in [0.29, 0.717) is 12.3 Å². The smallest absolute Gasteiger partial charge is 0.372 e. The van der Waals surface area contributed by atoms with E-state index in [-0.39, 0.29) is 12.7 Å². The molecule has 2 saturated carbocycles. The first-order valence-corrected chi connectivity index (χ1v) is 14.4. The van der Waals surface area contributed by atoms with Crippen molar-refractivity contribution in [2.45, 2.75) is 70.0 Å². The van der Waals surface area contributed by atoms with E-state index in [1.807, 2.05) is 0 Å². The van der Waals surface area contributed by atoms with E-state index in [0.717, 1.165) is 31.1 Å². The van der Waals surface area contributed by atoms with Gasteiger partial charge in [-0.2, -0.15) is 8.62 Å². The van der Waals surface area contributed by atoms with Crippen molar-refractivity contribution in [3.8, 4) is 0 Å². The topological polar surface area (TPSA) is 169 Å². The van der Waals surface area contributed by atoms with Gasteiger partial charge < -0.3 is 24.3 Å². The monoisotopic (exact) mass is 478 g/mol. The van der Waals surface area contributed by atoms with Gasteiger partial charge in [0, 0.05) is 0 Å². The maximum Gasteiger partial charge on any atom is 0.490 e. The molecule has 170 valence electrons. The quantitative estimate of drug-likeness (QED) is 0.358. The van der Waals surface area contributed by atoms with Crippen molar-refractivity contribution in [1.82, 2.24) is 0 Å². The normalized spacial score (nSPS) is 35.6. The fourth-order valence-corrected chi connectivity index (χ4v) is 7.74. The molecule has 0 aromatic rings. The zero-order chi connectivity index (χ0) is 21.3. The van der Waals surface area contributed by atoms with Crippen molar-refractivity contribution in [3.63, 3.8) is 0 Å². The van der Waals surface area contributed by atoms with E-state index in [2.05, 4.69) is 13.1 Å². The van der Waals surface area contributed by atoms with Gasteiger partial charge in [-0.3, -0.25) is 4.52 Å². The van der Waals surface area contributed by atoms with Crippen LogP contribution in [0.4, 0.5) is 0 Å². The summed E-state index contributed by atoms with van der Waals surface area (Å²) in [5, 5.41) is 0. The summed E-state index contributed by atoms with van der Waals surface area (Å²) in [7, 11) is -16.0. The summed E-state index contributed by atoms with van der Waals surface area (Å²) in [5.74, 6) is 2.10. The summed E-state index contributed by atoms with van der Waals surface area (Å²) in [4.78, 5) is 35.7. The van der Waals surface area contributed by atoms with E-state index < -0.39 is 29.6 Å². The molecule has 4 unspecified atom stereocenters. The maximum atomic E-state index is 11.8. The highest BCUT2D eigenvalue weighted by Gasteiger charge is 2.44. The molecule has 0 bridgehead atoms. The predicted octanol–water partition coefficient (Wildman–Crippen LogP) is 3.48. The third-order valence-electron chi connectivity index (χ3n) is 6.03. The second kappa shape index (κ2) is 9.47. The molecule has 1 heterocycles. The van der Waals surface area contributed by atoms with Crippen molar-refractivity contribution in [2.24, 2.45) is 17.8 Å². The van der Waals surface area contributed by atoms with Crippen LogP contribution in [0, 0.1) is 17.8 Å². The van der Waals surface area contributed by atoms with Gasteiger partial charge >= 0.3 is 23.5 Å². The molecule has 1 aliphatic heterocycles. The molecular formula is C15H29O11P3. The van der Waals surface area contributed by atoms with Crippen LogP contribution < -0.4 is 0 Å². The van der Waals surface area contributed by atoms with E-state index in [4.69, 9.17) is 19.4 Å². The average molecular weight is 478 g/mol. The highest BCUT2D eigenvalue weighted by atomic mass is 31.3. The lowest BCUT2D eigenvalue weighted by Crippen LogP contribution is -2.38. The number of ether oxygens (including phenoxy) is 1. The zero-order valence-corrected chi connectivity index (χ0v) is 18.6. The van der Waals surface area contributed by atoms with Gasteiger partial charge in [-0.15, -0.1) is 0 Å². The van der Waals surface area contributed by atoms with Crippen molar-refractivity contribution < 1.29 is 51.2 Å². The van der Waals surface area contributed by atoms with Gasteiger partial charge in [-0.1, -0.05) is 32.1 Å². The molecule has 29 heavy (non-hydrogen) atoms. The predicted molar refractivity (Wildman–Crippen MR) is 101 cm³/mol. The second-order valence-electron chi connectivity index (χ2n) is 8.15. The van der Waals surface area contributed by atoms with Gasteiger partial charge in [0.15, 0.2) is 0 Å². The minimum Gasteiger partial charge on any atom is -0.372 e. The van der Waals surface area contributed by atoms with Crippen LogP contribution in [0.25, 0.3) is 0 Å². The SMILES string of the molecule is O=P(O)(O)OP(=O)(O)OP(=O)(O)OCC1CCC(C2CC(C3CCCCC3)C2)O1. The number of hydrogen-bond acceptors (Lipinski definition) is 7. The lowest BCUT2D eigenvalue weighted by molar-refractivity contribution is -0.0564. The summed E-state index contributed by atoms with van der Waals surface area (Å²) >= 11 is 0. The van der Waals surface area contributed by atoms with Gasteiger partial charge in [0.05, 0.1) is 18.8 Å². The van der Waals surface area contributed by atoms with Crippen molar-refractivity contribution >= 4 is 23.5 Å². The highest BCUT2D eigenvalue weighted by molar-refractivity contribution is 7.66. The first kappa shape index (κ1) is 24.0. The summed E-state index contributed by atoms with van der Waals surface area (Å²) in [6.45, 7) is -0.348. The Morgan fingerprint density at radius 2 is 1.41 bits per heavy atom. The highest BCUT2D eigenvalue weighted by Crippen LogP contribution is 2.66. The molecule has 3 rings (SSSR count). The molecule has 0 radical (unpaired) electrons. The van der Waals surface area contributed by atoms with Gasteiger partial charge in [0.25, 0.3) is 0 Å². The Morgan fingerprint density at radius 1 is 0.759 bits per heavy atom. The standard InChI is InChI=1S/C15H29O11P3/c16-27(17,18)25-29(21,22)26-28(19,20)23-10-14-6-7-15(24-14)13-8-12(9-13)11-4-2-1-3-5-11/h11-15H,1-10H2,(H,19,20)(H,21,22)(H2,16,17,18). The molecule has 1 saturated heterocycles. The van der Waals surface area contributed by atoms with Gasteiger partial charge in [0.2, 0.25) is 0 Å². The molecule has 0 aromatic heterocycles. The van der Waals surface area contributed by atoms with Crippen molar-refractivity contribution in [1.29, 1.82) is 0 Å².